The van der Waals surface area contributed by atoms with E-state index in [0.717, 1.165) is 29.6 Å². The first-order chi connectivity index (χ1) is 17.9. The van der Waals surface area contributed by atoms with Crippen LogP contribution < -0.4 is 0 Å². The van der Waals surface area contributed by atoms with E-state index in [0.29, 0.717) is 38.4 Å². The van der Waals surface area contributed by atoms with Crippen LogP contribution >= 0.6 is 0 Å². The first kappa shape index (κ1) is 28.0. The van der Waals surface area contributed by atoms with Crippen LogP contribution in [0.1, 0.15) is 74.7 Å². The molecule has 1 aromatic heterocycles. The summed E-state index contributed by atoms with van der Waals surface area (Å²) in [6.45, 7) is 11.6. The van der Waals surface area contributed by atoms with Gasteiger partial charge in [0.25, 0.3) is 5.91 Å². The van der Waals surface area contributed by atoms with Gasteiger partial charge >= 0.3 is 6.09 Å². The molecule has 0 radical (unpaired) electrons. The fraction of sp³-hybridized carbons (Fsp3) is 0.593. The summed E-state index contributed by atoms with van der Waals surface area (Å²) in [6, 6.07) is 2.22. The Labute approximate surface area is 222 Å². The molecule has 9 nitrogen and oxygen atoms in total. The lowest BCUT2D eigenvalue weighted by molar-refractivity contribution is -0.103. The number of ether oxygens (including phenoxy) is 1. The molecule has 0 unspecified atom stereocenters. The van der Waals surface area contributed by atoms with E-state index in [9.17, 15) is 23.5 Å². The number of nitrogens with zero attached hydrogens (tertiary/aromatic N) is 5. The van der Waals surface area contributed by atoms with Crippen LogP contribution in [-0.2, 0) is 24.9 Å². The quantitative estimate of drug-likeness (QED) is 0.599. The molecule has 4 rings (SSSR count). The van der Waals surface area contributed by atoms with E-state index in [2.05, 4.69) is 9.88 Å². The summed E-state index contributed by atoms with van der Waals surface area (Å²) >= 11 is 0. The van der Waals surface area contributed by atoms with Crippen molar-refractivity contribution in [3.8, 4) is 0 Å². The maximum atomic E-state index is 14.8. The number of aromatic nitrogens is 2. The minimum Gasteiger partial charge on any atom is -0.465 e. The van der Waals surface area contributed by atoms with Crippen LogP contribution in [0.2, 0.25) is 0 Å². The Morgan fingerprint density at radius 1 is 1.18 bits per heavy atom. The molecule has 0 saturated carbocycles. The molecular formula is C27H37F2N5O4. The topological polar surface area (TPSA) is 91.1 Å². The fourth-order valence-corrected chi connectivity index (χ4v) is 5.70. The van der Waals surface area contributed by atoms with Crippen molar-refractivity contribution in [1.82, 2.24) is 24.3 Å². The van der Waals surface area contributed by atoms with Crippen molar-refractivity contribution < 1.29 is 28.2 Å². The van der Waals surface area contributed by atoms with E-state index in [1.807, 2.05) is 25.5 Å². The normalized spacial score (nSPS) is 21.8. The Morgan fingerprint density at radius 3 is 2.45 bits per heavy atom. The van der Waals surface area contributed by atoms with E-state index < -0.39 is 35.4 Å². The van der Waals surface area contributed by atoms with E-state index in [4.69, 9.17) is 4.74 Å². The number of rotatable bonds is 6. The minimum absolute atomic E-state index is 0.00915. The van der Waals surface area contributed by atoms with Gasteiger partial charge in [0.05, 0.1) is 24.0 Å². The standard InChI is InChI=1S/C27H37F2N5O4/c1-7-32(8-2)25(35)24-30-20-13-33(14-22(20)31(24)6)17-12-21(34(26(36)37)27(3,4)5)23(38-15-17)18-11-16(28)9-10-19(18)29/h9-11,17,21,23H,7-8,12-15H2,1-6H3,(H,36,37)/t17-,21+,23-/m1/s1. The largest absolute Gasteiger partial charge is 0.465 e. The summed E-state index contributed by atoms with van der Waals surface area (Å²) in [4.78, 5) is 35.2. The maximum absolute atomic E-state index is 14.8. The van der Waals surface area contributed by atoms with Crippen LogP contribution in [0.5, 0.6) is 0 Å². The zero-order chi connectivity index (χ0) is 27.9. The lowest BCUT2D eigenvalue weighted by atomic mass is 9.88. The molecule has 1 fully saturated rings. The summed E-state index contributed by atoms with van der Waals surface area (Å²) in [5, 5.41) is 10.2. The highest BCUT2D eigenvalue weighted by Crippen LogP contribution is 2.39. The fourth-order valence-electron chi connectivity index (χ4n) is 5.70. The third kappa shape index (κ3) is 5.13. The molecule has 0 bridgehead atoms. The number of hydrogen-bond acceptors (Lipinski definition) is 5. The Kier molecular flexibility index (Phi) is 7.81. The number of fused-ring (bicyclic) bond motifs is 1. The molecule has 2 aliphatic rings. The van der Waals surface area contributed by atoms with Crippen molar-refractivity contribution in [3.05, 3.63) is 52.6 Å². The lowest BCUT2D eigenvalue weighted by Gasteiger charge is -2.48. The second kappa shape index (κ2) is 10.6. The highest BCUT2D eigenvalue weighted by atomic mass is 19.1. The third-order valence-corrected chi connectivity index (χ3v) is 7.62. The van der Waals surface area contributed by atoms with Gasteiger partial charge in [-0.2, -0.15) is 0 Å². The number of benzene rings is 1. The van der Waals surface area contributed by atoms with Gasteiger partial charge in [0.15, 0.2) is 5.82 Å². The molecule has 3 atom stereocenters. The van der Waals surface area contributed by atoms with Crippen LogP contribution in [0.15, 0.2) is 18.2 Å². The second-order valence-corrected chi connectivity index (χ2v) is 11.0. The Hall–Kier alpha value is -3.05. The molecule has 1 saturated heterocycles. The van der Waals surface area contributed by atoms with Gasteiger partial charge in [0.2, 0.25) is 0 Å². The maximum Gasteiger partial charge on any atom is 0.408 e. The molecule has 1 N–H and O–H groups in total. The van der Waals surface area contributed by atoms with Gasteiger partial charge in [0, 0.05) is 50.4 Å². The number of carbonyl (C=O) groups is 2. The number of hydrogen-bond donors (Lipinski definition) is 1. The van der Waals surface area contributed by atoms with E-state index in [1.165, 1.54) is 4.90 Å². The van der Waals surface area contributed by atoms with E-state index >= 15 is 0 Å². The van der Waals surface area contributed by atoms with Crippen molar-refractivity contribution in [2.45, 2.75) is 77.9 Å². The monoisotopic (exact) mass is 533 g/mol. The first-order valence-corrected chi connectivity index (χ1v) is 13.0. The minimum atomic E-state index is -1.15. The third-order valence-electron chi connectivity index (χ3n) is 7.62. The number of amides is 2. The predicted molar refractivity (Wildman–Crippen MR) is 137 cm³/mol. The summed E-state index contributed by atoms with van der Waals surface area (Å²) in [5.74, 6) is -0.953. The molecule has 208 valence electrons. The van der Waals surface area contributed by atoms with Crippen LogP contribution in [0, 0.1) is 11.6 Å². The van der Waals surface area contributed by atoms with E-state index in [1.54, 1.807) is 25.7 Å². The molecular weight excluding hydrogens is 496 g/mol. The van der Waals surface area contributed by atoms with Gasteiger partial charge in [0.1, 0.15) is 17.7 Å². The SMILES string of the molecule is CCN(CC)C(=O)c1nc2c(n1C)CN([C@H]1CO[C@H](c3cc(F)ccc3F)[C@@H](N(C(=O)O)C(C)(C)C)C1)C2. The predicted octanol–water partition coefficient (Wildman–Crippen LogP) is 4.17. The van der Waals surface area contributed by atoms with Crippen molar-refractivity contribution in [1.29, 1.82) is 0 Å². The zero-order valence-electron chi connectivity index (χ0n) is 22.9. The molecule has 2 aromatic rings. The molecule has 3 heterocycles. The zero-order valence-corrected chi connectivity index (χ0v) is 22.9. The Balaban J connectivity index is 1.61. The van der Waals surface area contributed by atoms with Gasteiger partial charge < -0.3 is 19.3 Å². The van der Waals surface area contributed by atoms with Crippen molar-refractivity contribution >= 4 is 12.0 Å². The summed E-state index contributed by atoms with van der Waals surface area (Å²) in [5.41, 5.74) is 0.943. The van der Waals surface area contributed by atoms with E-state index in [-0.39, 0.29) is 24.1 Å². The van der Waals surface area contributed by atoms with Gasteiger partial charge in [-0.3, -0.25) is 14.6 Å². The van der Waals surface area contributed by atoms with Crippen molar-refractivity contribution in [2.75, 3.05) is 19.7 Å². The number of carbonyl (C=O) groups excluding carboxylic acids is 1. The van der Waals surface area contributed by atoms with Crippen molar-refractivity contribution in [3.63, 3.8) is 0 Å². The van der Waals surface area contributed by atoms with Gasteiger partial charge in [-0.25, -0.2) is 18.6 Å². The first-order valence-electron chi connectivity index (χ1n) is 13.0. The molecule has 0 aliphatic carbocycles. The van der Waals surface area contributed by atoms with Gasteiger partial charge in [-0.1, -0.05) is 0 Å². The summed E-state index contributed by atoms with van der Waals surface area (Å²) in [7, 11) is 1.83. The number of carboxylic acid groups (broad SMARTS) is 1. The van der Waals surface area contributed by atoms with Crippen LogP contribution in [-0.4, -0.2) is 78.7 Å². The van der Waals surface area contributed by atoms with Crippen LogP contribution in [0.4, 0.5) is 13.6 Å². The van der Waals surface area contributed by atoms with Gasteiger partial charge in [-0.05, 0) is 59.2 Å². The summed E-state index contributed by atoms with van der Waals surface area (Å²) < 4.78 is 36.9. The summed E-state index contributed by atoms with van der Waals surface area (Å²) in [6.07, 6.45) is -1.75. The smallest absolute Gasteiger partial charge is 0.408 e. The Morgan fingerprint density at radius 2 is 1.87 bits per heavy atom. The highest BCUT2D eigenvalue weighted by Gasteiger charge is 2.46. The Bertz CT molecular complexity index is 1210. The highest BCUT2D eigenvalue weighted by molar-refractivity contribution is 5.91. The average Bonchev–Trinajstić information content (AvgIpc) is 3.39. The number of halogens is 2. The van der Waals surface area contributed by atoms with Gasteiger partial charge in [-0.15, -0.1) is 0 Å². The average molecular weight is 534 g/mol. The number of imidazole rings is 1. The molecule has 11 heteroatoms. The second-order valence-electron chi connectivity index (χ2n) is 11.0. The molecule has 2 aliphatic heterocycles. The van der Waals surface area contributed by atoms with Crippen molar-refractivity contribution in [2.24, 2.45) is 7.05 Å². The molecule has 2 amide bonds. The molecule has 0 spiro atoms. The van der Waals surface area contributed by atoms with Crippen LogP contribution in [0.3, 0.4) is 0 Å². The lowest BCUT2D eigenvalue weighted by Crippen LogP contribution is -2.58. The molecule has 38 heavy (non-hydrogen) atoms. The molecule has 1 aromatic carbocycles. The van der Waals surface area contributed by atoms with Crippen LogP contribution in [0.25, 0.3) is 0 Å².